The summed E-state index contributed by atoms with van der Waals surface area (Å²) in [5.74, 6) is 1.68. The zero-order valence-electron chi connectivity index (χ0n) is 9.29. The van der Waals surface area contributed by atoms with Crippen LogP contribution >= 0.6 is 27.5 Å². The van der Waals surface area contributed by atoms with Crippen LogP contribution < -0.4 is 4.90 Å². The maximum atomic E-state index is 5.81. The first-order valence-electron chi connectivity index (χ1n) is 5.56. The molecule has 16 heavy (non-hydrogen) atoms. The first-order valence-corrected chi connectivity index (χ1v) is 6.73. The van der Waals surface area contributed by atoms with Crippen molar-refractivity contribution in [1.29, 1.82) is 0 Å². The minimum Gasteiger partial charge on any atom is -0.358 e. The molecule has 0 amide bonds. The van der Waals surface area contributed by atoms with Gasteiger partial charge in [-0.3, -0.25) is 0 Å². The van der Waals surface area contributed by atoms with Gasteiger partial charge in [0, 0.05) is 19.8 Å². The third-order valence-corrected chi connectivity index (χ3v) is 3.81. The SMILES string of the molecule is CN(CC1CCCC1)c1nc(Cl)ncc1Br. The lowest BCUT2D eigenvalue weighted by Gasteiger charge is -2.22. The molecule has 0 N–H and O–H groups in total. The van der Waals surface area contributed by atoms with Crippen LogP contribution in [0.25, 0.3) is 0 Å². The highest BCUT2D eigenvalue weighted by molar-refractivity contribution is 9.10. The van der Waals surface area contributed by atoms with Gasteiger partial charge in [0.05, 0.1) is 4.47 Å². The summed E-state index contributed by atoms with van der Waals surface area (Å²) in [6.45, 7) is 1.05. The molecular weight excluding hydrogens is 289 g/mol. The third-order valence-electron chi connectivity index (χ3n) is 3.06. The topological polar surface area (TPSA) is 29.0 Å². The molecule has 0 unspecified atom stereocenters. The van der Waals surface area contributed by atoms with Crippen molar-refractivity contribution in [2.24, 2.45) is 5.92 Å². The smallest absolute Gasteiger partial charge is 0.224 e. The van der Waals surface area contributed by atoms with E-state index in [1.54, 1.807) is 6.20 Å². The van der Waals surface area contributed by atoms with Gasteiger partial charge in [0.15, 0.2) is 0 Å². The van der Waals surface area contributed by atoms with Gasteiger partial charge in [-0.1, -0.05) is 12.8 Å². The predicted molar refractivity (Wildman–Crippen MR) is 70.0 cm³/mol. The highest BCUT2D eigenvalue weighted by Crippen LogP contribution is 2.29. The zero-order valence-corrected chi connectivity index (χ0v) is 11.6. The first-order chi connectivity index (χ1) is 7.66. The summed E-state index contributed by atoms with van der Waals surface area (Å²) in [6.07, 6.45) is 7.10. The van der Waals surface area contributed by atoms with Crippen LogP contribution in [-0.2, 0) is 0 Å². The van der Waals surface area contributed by atoms with Crippen molar-refractivity contribution in [2.45, 2.75) is 25.7 Å². The minimum absolute atomic E-state index is 0.302. The molecule has 5 heteroatoms. The van der Waals surface area contributed by atoms with E-state index >= 15 is 0 Å². The summed E-state index contributed by atoms with van der Waals surface area (Å²) in [5.41, 5.74) is 0. The van der Waals surface area contributed by atoms with Gasteiger partial charge in [-0.05, 0) is 46.3 Å². The van der Waals surface area contributed by atoms with Crippen LogP contribution in [0.1, 0.15) is 25.7 Å². The Morgan fingerprint density at radius 1 is 1.50 bits per heavy atom. The molecule has 2 rings (SSSR count). The quantitative estimate of drug-likeness (QED) is 0.800. The molecule has 3 nitrogen and oxygen atoms in total. The lowest BCUT2D eigenvalue weighted by atomic mass is 10.1. The van der Waals surface area contributed by atoms with E-state index in [0.717, 1.165) is 22.8 Å². The van der Waals surface area contributed by atoms with Gasteiger partial charge in [-0.2, -0.15) is 4.98 Å². The van der Waals surface area contributed by atoms with Crippen LogP contribution in [0.2, 0.25) is 5.28 Å². The van der Waals surface area contributed by atoms with Gasteiger partial charge in [0.25, 0.3) is 0 Å². The Balaban J connectivity index is 2.07. The van der Waals surface area contributed by atoms with E-state index in [1.807, 2.05) is 0 Å². The van der Waals surface area contributed by atoms with Crippen LogP contribution in [0.15, 0.2) is 10.7 Å². The fourth-order valence-corrected chi connectivity index (χ4v) is 2.89. The van der Waals surface area contributed by atoms with Gasteiger partial charge in [0.1, 0.15) is 5.82 Å². The second kappa shape index (κ2) is 5.32. The summed E-state index contributed by atoms with van der Waals surface area (Å²) in [7, 11) is 2.06. The van der Waals surface area contributed by atoms with Gasteiger partial charge < -0.3 is 4.90 Å². The number of anilines is 1. The summed E-state index contributed by atoms with van der Waals surface area (Å²) >= 11 is 9.26. The summed E-state index contributed by atoms with van der Waals surface area (Å²) in [4.78, 5) is 10.3. The zero-order chi connectivity index (χ0) is 11.5. The number of nitrogens with zero attached hydrogens (tertiary/aromatic N) is 3. The van der Waals surface area contributed by atoms with Gasteiger partial charge in [0.2, 0.25) is 5.28 Å². The molecule has 0 atom stereocenters. The van der Waals surface area contributed by atoms with E-state index in [4.69, 9.17) is 11.6 Å². The molecule has 1 aliphatic carbocycles. The molecule has 0 spiro atoms. The van der Waals surface area contributed by atoms with Gasteiger partial charge in [-0.25, -0.2) is 4.98 Å². The van der Waals surface area contributed by atoms with E-state index in [2.05, 4.69) is 37.8 Å². The molecule has 1 fully saturated rings. The lowest BCUT2D eigenvalue weighted by molar-refractivity contribution is 0.544. The molecule has 1 aromatic rings. The first kappa shape index (κ1) is 12.1. The maximum Gasteiger partial charge on any atom is 0.224 e. The number of hydrogen-bond donors (Lipinski definition) is 0. The van der Waals surface area contributed by atoms with E-state index in [1.165, 1.54) is 25.7 Å². The van der Waals surface area contributed by atoms with Crippen molar-refractivity contribution in [3.8, 4) is 0 Å². The molecular formula is C11H15BrClN3. The molecule has 88 valence electrons. The van der Waals surface area contributed by atoms with Crippen LogP contribution in [0.5, 0.6) is 0 Å². The molecule has 0 aliphatic heterocycles. The molecule has 1 aromatic heterocycles. The number of aromatic nitrogens is 2. The fourth-order valence-electron chi connectivity index (χ4n) is 2.27. The Morgan fingerprint density at radius 3 is 2.88 bits per heavy atom. The molecule has 0 saturated heterocycles. The van der Waals surface area contributed by atoms with E-state index < -0.39 is 0 Å². The van der Waals surface area contributed by atoms with Crippen molar-refractivity contribution in [3.05, 3.63) is 16.0 Å². The highest BCUT2D eigenvalue weighted by atomic mass is 79.9. The molecule has 0 radical (unpaired) electrons. The largest absolute Gasteiger partial charge is 0.358 e. The van der Waals surface area contributed by atoms with Crippen LogP contribution in [0, 0.1) is 5.92 Å². The second-order valence-corrected chi connectivity index (χ2v) is 5.53. The number of halogens is 2. The lowest BCUT2D eigenvalue weighted by Crippen LogP contribution is -2.25. The van der Waals surface area contributed by atoms with Crippen molar-refractivity contribution in [1.82, 2.24) is 9.97 Å². The summed E-state index contributed by atoms with van der Waals surface area (Å²) < 4.78 is 0.900. The average molecular weight is 305 g/mol. The molecule has 1 heterocycles. The molecule has 1 saturated carbocycles. The van der Waals surface area contributed by atoms with E-state index in [9.17, 15) is 0 Å². The van der Waals surface area contributed by atoms with Crippen LogP contribution in [0.4, 0.5) is 5.82 Å². The fraction of sp³-hybridized carbons (Fsp3) is 0.636. The molecule has 1 aliphatic rings. The Bertz CT molecular complexity index is 366. The van der Waals surface area contributed by atoms with Crippen LogP contribution in [0.3, 0.4) is 0 Å². The Kier molecular flexibility index (Phi) is 4.03. The second-order valence-electron chi connectivity index (χ2n) is 4.34. The monoisotopic (exact) mass is 303 g/mol. The average Bonchev–Trinajstić information content (AvgIpc) is 2.74. The van der Waals surface area contributed by atoms with Crippen molar-refractivity contribution < 1.29 is 0 Å². The predicted octanol–water partition coefficient (Wildman–Crippen LogP) is 3.52. The van der Waals surface area contributed by atoms with Crippen molar-refractivity contribution >= 4 is 33.3 Å². The Hall–Kier alpha value is -0.350. The van der Waals surface area contributed by atoms with E-state index in [0.29, 0.717) is 5.28 Å². The van der Waals surface area contributed by atoms with Crippen molar-refractivity contribution in [3.63, 3.8) is 0 Å². The number of hydrogen-bond acceptors (Lipinski definition) is 3. The van der Waals surface area contributed by atoms with Crippen molar-refractivity contribution in [2.75, 3.05) is 18.5 Å². The Morgan fingerprint density at radius 2 is 2.19 bits per heavy atom. The van der Waals surface area contributed by atoms with E-state index in [-0.39, 0.29) is 0 Å². The van der Waals surface area contributed by atoms with Gasteiger partial charge in [-0.15, -0.1) is 0 Å². The third kappa shape index (κ3) is 2.86. The normalized spacial score (nSPS) is 16.7. The summed E-state index contributed by atoms with van der Waals surface area (Å²) in [5, 5.41) is 0.302. The molecule has 0 bridgehead atoms. The Labute approximate surface area is 109 Å². The number of rotatable bonds is 3. The van der Waals surface area contributed by atoms with Crippen LogP contribution in [-0.4, -0.2) is 23.6 Å². The van der Waals surface area contributed by atoms with Gasteiger partial charge >= 0.3 is 0 Å². The maximum absolute atomic E-state index is 5.81. The highest BCUT2D eigenvalue weighted by Gasteiger charge is 2.18. The minimum atomic E-state index is 0.302. The summed E-state index contributed by atoms with van der Waals surface area (Å²) in [6, 6.07) is 0. The molecule has 0 aromatic carbocycles. The standard InChI is InChI=1S/C11H15BrClN3/c1-16(7-8-4-2-3-5-8)10-9(12)6-14-11(13)15-10/h6,8H,2-5,7H2,1H3.